The summed E-state index contributed by atoms with van der Waals surface area (Å²) in [4.78, 5) is 0. The molecule has 0 bridgehead atoms. The Hall–Kier alpha value is -3.90. The van der Waals surface area contributed by atoms with Crippen LogP contribution in [0.4, 0.5) is 0 Å². The van der Waals surface area contributed by atoms with Gasteiger partial charge in [0.1, 0.15) is 18.2 Å². The molecule has 0 radical (unpaired) electrons. The van der Waals surface area contributed by atoms with Crippen LogP contribution in [0.3, 0.4) is 0 Å². The van der Waals surface area contributed by atoms with Crippen LogP contribution in [0.25, 0.3) is 44.3 Å². The van der Waals surface area contributed by atoms with E-state index in [0.29, 0.717) is 5.56 Å². The fourth-order valence-electron chi connectivity index (χ4n) is 6.75. The summed E-state index contributed by atoms with van der Waals surface area (Å²) in [7, 11) is 2.11. The standard InChI is InChI=1S/C36H37N2O/c1-21-9-13-27-28-14-12-25(19-37)32(23-10-11-24-17-36(6,7)18-26(24)15-23)34(28)39-33(27)31(21)30-16-29(35(3,4)5)22(2)20-38(30)8/h9-16,20H,17-18H2,1-8H3/q+1. The van der Waals surface area contributed by atoms with E-state index in [9.17, 15) is 5.26 Å². The predicted molar refractivity (Wildman–Crippen MR) is 160 cm³/mol. The highest BCUT2D eigenvalue weighted by Crippen LogP contribution is 2.44. The van der Waals surface area contributed by atoms with Crippen LogP contribution in [0.2, 0.25) is 0 Å². The van der Waals surface area contributed by atoms with Gasteiger partial charge in [-0.25, -0.2) is 4.57 Å². The molecule has 2 heterocycles. The maximum atomic E-state index is 10.1. The summed E-state index contributed by atoms with van der Waals surface area (Å²) in [5.41, 5.74) is 13.4. The average Bonchev–Trinajstić information content (AvgIpc) is 3.38. The van der Waals surface area contributed by atoms with Crippen molar-refractivity contribution in [2.75, 3.05) is 0 Å². The van der Waals surface area contributed by atoms with Gasteiger partial charge in [-0.15, -0.1) is 0 Å². The number of nitriles is 1. The first kappa shape index (κ1) is 25.4. The Balaban J connectivity index is 1.65. The maximum absolute atomic E-state index is 10.1. The van der Waals surface area contributed by atoms with E-state index in [1.54, 1.807) is 0 Å². The van der Waals surface area contributed by atoms with Gasteiger partial charge in [-0.05, 0) is 77.5 Å². The van der Waals surface area contributed by atoms with Crippen LogP contribution in [-0.2, 0) is 25.3 Å². The molecule has 5 aromatic rings. The molecule has 0 saturated heterocycles. The second-order valence-electron chi connectivity index (χ2n) is 13.3. The van der Waals surface area contributed by atoms with Crippen LogP contribution < -0.4 is 4.57 Å². The van der Waals surface area contributed by atoms with Gasteiger partial charge in [0.15, 0.2) is 6.20 Å². The number of fused-ring (bicyclic) bond motifs is 4. The lowest BCUT2D eigenvalue weighted by Gasteiger charge is -2.21. The van der Waals surface area contributed by atoms with Crippen LogP contribution in [0, 0.1) is 30.6 Å². The van der Waals surface area contributed by atoms with Crippen molar-refractivity contribution >= 4 is 21.9 Å². The van der Waals surface area contributed by atoms with Gasteiger partial charge in [-0.3, -0.25) is 0 Å². The van der Waals surface area contributed by atoms with Gasteiger partial charge in [0.05, 0.1) is 17.2 Å². The SMILES string of the molecule is Cc1c[n+](C)c(-c2c(C)ccc3c2oc2c(-c4ccc5c(c4)CC(C)(C)C5)c(C#N)ccc23)cc1C(C)(C)C. The molecule has 39 heavy (non-hydrogen) atoms. The van der Waals surface area contributed by atoms with Crippen LogP contribution in [0.1, 0.15) is 68.0 Å². The summed E-state index contributed by atoms with van der Waals surface area (Å²) in [5, 5.41) is 12.3. The Kier molecular flexibility index (Phi) is 5.57. The Morgan fingerprint density at radius 2 is 1.51 bits per heavy atom. The highest BCUT2D eigenvalue weighted by Gasteiger charge is 2.30. The normalized spacial score (nSPS) is 14.6. The monoisotopic (exact) mass is 513 g/mol. The van der Waals surface area contributed by atoms with E-state index < -0.39 is 0 Å². The summed E-state index contributed by atoms with van der Waals surface area (Å²) in [6.45, 7) is 15.8. The van der Waals surface area contributed by atoms with Crippen molar-refractivity contribution in [2.45, 2.75) is 66.7 Å². The molecule has 0 atom stereocenters. The number of rotatable bonds is 2. The Morgan fingerprint density at radius 1 is 0.846 bits per heavy atom. The smallest absolute Gasteiger partial charge is 0.216 e. The van der Waals surface area contributed by atoms with E-state index in [1.807, 2.05) is 6.07 Å². The number of aryl methyl sites for hydroxylation is 3. The fourth-order valence-corrected chi connectivity index (χ4v) is 6.75. The fraction of sp³-hybridized carbons (Fsp3) is 0.333. The second kappa shape index (κ2) is 8.55. The minimum absolute atomic E-state index is 0.0276. The lowest BCUT2D eigenvalue weighted by Crippen LogP contribution is -2.33. The number of benzene rings is 3. The first-order chi connectivity index (χ1) is 18.4. The minimum Gasteiger partial charge on any atom is -0.454 e. The highest BCUT2D eigenvalue weighted by molar-refractivity contribution is 6.14. The molecule has 0 spiro atoms. The third-order valence-corrected chi connectivity index (χ3v) is 8.51. The zero-order valence-electron chi connectivity index (χ0n) is 24.4. The number of aromatic nitrogens is 1. The van der Waals surface area contributed by atoms with Crippen molar-refractivity contribution in [3.05, 3.63) is 88.1 Å². The molecule has 1 aliphatic rings. The first-order valence-electron chi connectivity index (χ1n) is 13.9. The van der Waals surface area contributed by atoms with Gasteiger partial charge in [0, 0.05) is 28.0 Å². The van der Waals surface area contributed by atoms with Crippen LogP contribution in [0.5, 0.6) is 0 Å². The van der Waals surface area contributed by atoms with Crippen molar-refractivity contribution in [2.24, 2.45) is 12.5 Å². The second-order valence-corrected chi connectivity index (χ2v) is 13.3. The number of pyridine rings is 1. The van der Waals surface area contributed by atoms with Gasteiger partial charge in [-0.1, -0.05) is 65.0 Å². The molecule has 196 valence electrons. The maximum Gasteiger partial charge on any atom is 0.216 e. The zero-order valence-corrected chi connectivity index (χ0v) is 24.4. The van der Waals surface area contributed by atoms with E-state index in [0.717, 1.165) is 57.2 Å². The summed E-state index contributed by atoms with van der Waals surface area (Å²) in [6.07, 6.45) is 4.37. The predicted octanol–water partition coefficient (Wildman–Crippen LogP) is 8.66. The summed E-state index contributed by atoms with van der Waals surface area (Å²) < 4.78 is 9.07. The van der Waals surface area contributed by atoms with Crippen LogP contribution in [0.15, 0.2) is 59.1 Å². The summed E-state index contributed by atoms with van der Waals surface area (Å²) >= 11 is 0. The van der Waals surface area contributed by atoms with E-state index in [2.05, 4.69) is 115 Å². The molecule has 0 aliphatic heterocycles. The zero-order chi connectivity index (χ0) is 27.9. The topological polar surface area (TPSA) is 40.8 Å². The van der Waals surface area contributed by atoms with Gasteiger partial charge in [0.2, 0.25) is 5.69 Å². The van der Waals surface area contributed by atoms with E-state index in [4.69, 9.17) is 4.42 Å². The van der Waals surface area contributed by atoms with Crippen molar-refractivity contribution in [3.8, 4) is 28.5 Å². The van der Waals surface area contributed by atoms with Crippen molar-refractivity contribution in [1.82, 2.24) is 0 Å². The van der Waals surface area contributed by atoms with Gasteiger partial charge in [0.25, 0.3) is 0 Å². The van der Waals surface area contributed by atoms with Crippen molar-refractivity contribution < 1.29 is 8.98 Å². The molecule has 2 aromatic heterocycles. The highest BCUT2D eigenvalue weighted by atomic mass is 16.3. The third kappa shape index (κ3) is 4.05. The molecule has 0 saturated carbocycles. The molecular weight excluding hydrogens is 476 g/mol. The summed E-state index contributed by atoms with van der Waals surface area (Å²) in [6, 6.07) is 19.8. The molecule has 0 amide bonds. The van der Waals surface area contributed by atoms with E-state index >= 15 is 0 Å². The van der Waals surface area contributed by atoms with E-state index in [1.165, 1.54) is 27.8 Å². The molecule has 0 unspecified atom stereocenters. The molecule has 1 aliphatic carbocycles. The average molecular weight is 514 g/mol. The molecule has 0 N–H and O–H groups in total. The Labute approximate surface area is 231 Å². The minimum atomic E-state index is 0.0276. The summed E-state index contributed by atoms with van der Waals surface area (Å²) in [5.74, 6) is 0. The van der Waals surface area contributed by atoms with Gasteiger partial charge in [-0.2, -0.15) is 5.26 Å². The third-order valence-electron chi connectivity index (χ3n) is 8.51. The van der Waals surface area contributed by atoms with Crippen molar-refractivity contribution in [1.29, 1.82) is 5.26 Å². The number of furan rings is 1. The largest absolute Gasteiger partial charge is 0.454 e. The van der Waals surface area contributed by atoms with Crippen molar-refractivity contribution in [3.63, 3.8) is 0 Å². The van der Waals surface area contributed by atoms with Gasteiger partial charge < -0.3 is 4.42 Å². The van der Waals surface area contributed by atoms with Crippen LogP contribution >= 0.6 is 0 Å². The number of hydrogen-bond acceptors (Lipinski definition) is 2. The first-order valence-corrected chi connectivity index (χ1v) is 13.9. The lowest BCUT2D eigenvalue weighted by atomic mass is 9.83. The number of hydrogen-bond donors (Lipinski definition) is 0. The Bertz CT molecular complexity index is 1850. The van der Waals surface area contributed by atoms with E-state index in [-0.39, 0.29) is 10.8 Å². The molecule has 6 rings (SSSR count). The quantitative estimate of drug-likeness (QED) is 0.222. The Morgan fingerprint density at radius 3 is 2.21 bits per heavy atom. The molecule has 3 heteroatoms. The molecular formula is C36H37N2O+. The molecule has 3 aromatic carbocycles. The lowest BCUT2D eigenvalue weighted by molar-refractivity contribution is -0.660. The number of nitrogens with zero attached hydrogens (tertiary/aromatic N) is 2. The van der Waals surface area contributed by atoms with Crippen LogP contribution in [-0.4, -0.2) is 0 Å². The molecule has 3 nitrogen and oxygen atoms in total. The van der Waals surface area contributed by atoms with Gasteiger partial charge >= 0.3 is 0 Å². The molecule has 0 fully saturated rings.